The van der Waals surface area contributed by atoms with Gasteiger partial charge in [-0.2, -0.15) is 0 Å². The van der Waals surface area contributed by atoms with Gasteiger partial charge in [0.25, 0.3) is 0 Å². The standard InChI is InChI=1S/C21H19ClF2N4OS.ClH/c22-14-4-5-15(23)19(20(14)24)12-9-17-16(27-21(30)28(17)11-12)10-18(29)26-8-6-13-3-1-2-7-25-13;/h1-5,7,12H,6,8-11H2,(H,26,29)(H,27,30);1H. The molecule has 164 valence electrons. The average molecular weight is 485 g/mol. The maximum atomic E-state index is 14.5. The molecule has 1 aliphatic rings. The van der Waals surface area contributed by atoms with Gasteiger partial charge < -0.3 is 14.9 Å². The first-order valence-corrected chi connectivity index (χ1v) is 10.3. The zero-order valence-electron chi connectivity index (χ0n) is 16.3. The van der Waals surface area contributed by atoms with Crippen LogP contribution in [-0.4, -0.2) is 27.0 Å². The van der Waals surface area contributed by atoms with E-state index in [9.17, 15) is 13.6 Å². The third-order valence-corrected chi connectivity index (χ3v) is 5.89. The number of aromatic amines is 1. The number of hydrogen-bond acceptors (Lipinski definition) is 3. The van der Waals surface area contributed by atoms with Gasteiger partial charge in [0, 0.05) is 54.3 Å². The molecule has 5 nitrogen and oxygen atoms in total. The van der Waals surface area contributed by atoms with E-state index in [0.29, 0.717) is 36.4 Å². The molecule has 1 unspecified atom stereocenters. The third-order valence-electron chi connectivity index (χ3n) is 5.27. The van der Waals surface area contributed by atoms with E-state index < -0.39 is 17.6 Å². The topological polar surface area (TPSA) is 62.7 Å². The molecule has 0 aliphatic carbocycles. The van der Waals surface area contributed by atoms with Gasteiger partial charge in [0.1, 0.15) is 11.6 Å². The summed E-state index contributed by atoms with van der Waals surface area (Å²) in [5.74, 6) is -1.96. The second-order valence-corrected chi connectivity index (χ2v) is 8.02. The lowest BCUT2D eigenvalue weighted by molar-refractivity contribution is -0.120. The van der Waals surface area contributed by atoms with Gasteiger partial charge in [-0.1, -0.05) is 17.7 Å². The number of amides is 1. The Labute approximate surface area is 194 Å². The maximum absolute atomic E-state index is 14.5. The second-order valence-electron chi connectivity index (χ2n) is 7.22. The summed E-state index contributed by atoms with van der Waals surface area (Å²) >= 11 is 11.2. The van der Waals surface area contributed by atoms with Crippen molar-refractivity contribution in [1.82, 2.24) is 19.9 Å². The summed E-state index contributed by atoms with van der Waals surface area (Å²) in [6.45, 7) is 0.800. The van der Waals surface area contributed by atoms with Gasteiger partial charge >= 0.3 is 0 Å². The van der Waals surface area contributed by atoms with Gasteiger partial charge in [0.05, 0.1) is 11.4 Å². The molecule has 31 heavy (non-hydrogen) atoms. The first-order valence-electron chi connectivity index (χ1n) is 9.54. The van der Waals surface area contributed by atoms with Gasteiger partial charge in [-0.05, 0) is 42.9 Å². The van der Waals surface area contributed by atoms with Crippen LogP contribution in [-0.2, 0) is 30.6 Å². The summed E-state index contributed by atoms with van der Waals surface area (Å²) in [5.41, 5.74) is 2.33. The molecule has 0 fully saturated rings. The van der Waals surface area contributed by atoms with Gasteiger partial charge in [-0.15, -0.1) is 12.4 Å². The fourth-order valence-corrected chi connectivity index (χ4v) is 4.33. The van der Waals surface area contributed by atoms with Crippen LogP contribution in [0.3, 0.4) is 0 Å². The van der Waals surface area contributed by atoms with Crippen LogP contribution in [0.5, 0.6) is 0 Å². The monoisotopic (exact) mass is 484 g/mol. The highest BCUT2D eigenvalue weighted by Gasteiger charge is 2.31. The number of pyridine rings is 1. The van der Waals surface area contributed by atoms with Crippen LogP contribution in [0.4, 0.5) is 8.78 Å². The molecule has 3 heterocycles. The van der Waals surface area contributed by atoms with Crippen molar-refractivity contribution >= 4 is 42.1 Å². The number of fused-ring (bicyclic) bond motifs is 1. The fraction of sp³-hybridized carbons (Fsp3) is 0.286. The van der Waals surface area contributed by atoms with E-state index >= 15 is 0 Å². The largest absolute Gasteiger partial charge is 0.355 e. The second kappa shape index (κ2) is 9.89. The van der Waals surface area contributed by atoms with Crippen molar-refractivity contribution in [3.63, 3.8) is 0 Å². The lowest BCUT2D eigenvalue weighted by atomic mass is 9.95. The summed E-state index contributed by atoms with van der Waals surface area (Å²) in [7, 11) is 0. The van der Waals surface area contributed by atoms with Crippen LogP contribution >= 0.6 is 36.2 Å². The molecule has 0 radical (unpaired) electrons. The molecular formula is C21H20Cl2F2N4OS. The van der Waals surface area contributed by atoms with Gasteiger partial charge in [-0.3, -0.25) is 9.78 Å². The Bertz CT molecular complexity index is 1150. The summed E-state index contributed by atoms with van der Waals surface area (Å²) in [6, 6.07) is 8.02. The molecule has 0 saturated heterocycles. The molecule has 0 saturated carbocycles. The number of hydrogen-bond donors (Lipinski definition) is 2. The maximum Gasteiger partial charge on any atom is 0.226 e. The van der Waals surface area contributed by atoms with Crippen LogP contribution in [0.2, 0.25) is 5.02 Å². The minimum Gasteiger partial charge on any atom is -0.355 e. The number of nitrogens with zero attached hydrogens (tertiary/aromatic N) is 2. The number of carbonyl (C=O) groups is 1. The molecule has 0 spiro atoms. The van der Waals surface area contributed by atoms with E-state index in [4.69, 9.17) is 23.8 Å². The van der Waals surface area contributed by atoms with Crippen molar-refractivity contribution in [2.24, 2.45) is 0 Å². The molecule has 1 atom stereocenters. The Hall–Kier alpha value is -2.29. The molecule has 1 amide bonds. The number of nitrogens with one attached hydrogen (secondary N) is 2. The molecule has 10 heteroatoms. The highest BCUT2D eigenvalue weighted by atomic mass is 35.5. The molecule has 4 rings (SSSR count). The number of benzene rings is 1. The Balaban J connectivity index is 0.00000272. The lowest BCUT2D eigenvalue weighted by Crippen LogP contribution is -2.27. The predicted molar refractivity (Wildman–Crippen MR) is 119 cm³/mol. The predicted octanol–water partition coefficient (Wildman–Crippen LogP) is 4.54. The first kappa shape index (κ1) is 23.4. The quantitative estimate of drug-likeness (QED) is 0.398. The van der Waals surface area contributed by atoms with Crippen LogP contribution in [0.1, 0.15) is 28.6 Å². The molecule has 1 aliphatic heterocycles. The first-order chi connectivity index (χ1) is 14.4. The van der Waals surface area contributed by atoms with Crippen LogP contribution in [0.25, 0.3) is 0 Å². The SMILES string of the molecule is Cl.O=C(Cc1[nH]c(=S)n2c1CC(c1c(F)ccc(Cl)c1F)C2)NCCc1ccccn1. The highest BCUT2D eigenvalue weighted by Crippen LogP contribution is 2.36. The summed E-state index contributed by atoms with van der Waals surface area (Å²) in [5, 5.41) is 2.76. The number of H-pyrrole nitrogens is 1. The van der Waals surface area contributed by atoms with E-state index in [2.05, 4.69) is 15.3 Å². The number of aromatic nitrogens is 3. The number of rotatable bonds is 6. The van der Waals surface area contributed by atoms with E-state index in [1.165, 1.54) is 12.1 Å². The number of halogens is 4. The van der Waals surface area contributed by atoms with Crippen molar-refractivity contribution in [3.8, 4) is 0 Å². The lowest BCUT2D eigenvalue weighted by Gasteiger charge is -2.13. The molecule has 3 aromatic rings. The Morgan fingerprint density at radius 3 is 2.87 bits per heavy atom. The Morgan fingerprint density at radius 2 is 2.13 bits per heavy atom. The van der Waals surface area contributed by atoms with Crippen molar-refractivity contribution in [2.45, 2.75) is 31.7 Å². The van der Waals surface area contributed by atoms with Crippen LogP contribution in [0.15, 0.2) is 36.5 Å². The molecular weight excluding hydrogens is 465 g/mol. The van der Waals surface area contributed by atoms with Crippen LogP contribution in [0, 0.1) is 16.4 Å². The molecule has 1 aromatic carbocycles. The summed E-state index contributed by atoms with van der Waals surface area (Å²) < 4.78 is 31.0. The third kappa shape index (κ3) is 4.97. The Kier molecular flexibility index (Phi) is 7.46. The average Bonchev–Trinajstić information content (AvgIpc) is 3.27. The zero-order valence-corrected chi connectivity index (χ0v) is 18.7. The van der Waals surface area contributed by atoms with Gasteiger partial charge in [0.2, 0.25) is 5.91 Å². The normalized spacial score (nSPS) is 14.7. The highest BCUT2D eigenvalue weighted by molar-refractivity contribution is 7.71. The summed E-state index contributed by atoms with van der Waals surface area (Å²) in [4.78, 5) is 19.7. The van der Waals surface area contributed by atoms with E-state index in [1.54, 1.807) is 10.8 Å². The van der Waals surface area contributed by atoms with Crippen molar-refractivity contribution < 1.29 is 13.6 Å². The fourth-order valence-electron chi connectivity index (χ4n) is 3.85. The van der Waals surface area contributed by atoms with Crippen LogP contribution < -0.4 is 5.32 Å². The van der Waals surface area contributed by atoms with E-state index in [0.717, 1.165) is 11.4 Å². The van der Waals surface area contributed by atoms with E-state index in [-0.39, 0.29) is 35.3 Å². The Morgan fingerprint density at radius 1 is 1.32 bits per heavy atom. The van der Waals surface area contributed by atoms with Gasteiger partial charge in [0.15, 0.2) is 4.77 Å². The number of imidazole rings is 1. The molecule has 2 N–H and O–H groups in total. The summed E-state index contributed by atoms with van der Waals surface area (Å²) in [6.07, 6.45) is 2.83. The smallest absolute Gasteiger partial charge is 0.226 e. The minimum atomic E-state index is -0.740. The molecule has 0 bridgehead atoms. The van der Waals surface area contributed by atoms with E-state index in [1.807, 2.05) is 18.2 Å². The van der Waals surface area contributed by atoms with Crippen molar-refractivity contribution in [2.75, 3.05) is 6.54 Å². The number of carbonyl (C=O) groups excluding carboxylic acids is 1. The van der Waals surface area contributed by atoms with Crippen molar-refractivity contribution in [1.29, 1.82) is 0 Å². The zero-order chi connectivity index (χ0) is 21.3. The molecule has 2 aromatic heterocycles. The minimum absolute atomic E-state index is 0. The van der Waals surface area contributed by atoms with Gasteiger partial charge in [-0.25, -0.2) is 8.78 Å². The van der Waals surface area contributed by atoms with Crippen molar-refractivity contribution in [3.05, 3.63) is 80.6 Å².